The van der Waals surface area contributed by atoms with Crippen LogP contribution in [-0.2, 0) is 23.8 Å². The van der Waals surface area contributed by atoms with Crippen LogP contribution >= 0.6 is 0 Å². The Hall–Kier alpha value is -2.66. The molecule has 0 radical (unpaired) electrons. The monoisotopic (exact) mass is 1000 g/mol. The molecule has 0 fully saturated rings. The van der Waals surface area contributed by atoms with Crippen LogP contribution in [0.3, 0.4) is 0 Å². The number of hydrogen-bond donors (Lipinski definition) is 0. The molecule has 0 aromatic heterocycles. The molecule has 0 heterocycles. The van der Waals surface area contributed by atoms with Crippen molar-refractivity contribution in [1.29, 1.82) is 0 Å². The first kappa shape index (κ1) is 69.3. The van der Waals surface area contributed by atoms with Gasteiger partial charge in [-0.2, -0.15) is 0 Å². The van der Waals surface area contributed by atoms with Crippen molar-refractivity contribution in [2.45, 2.75) is 322 Å². The topological polar surface area (TPSA) is 61.8 Å². The lowest BCUT2D eigenvalue weighted by atomic mass is 10.0. The summed E-state index contributed by atoms with van der Waals surface area (Å²) in [6.45, 7) is 7.70. The van der Waals surface area contributed by atoms with Gasteiger partial charge in [0.2, 0.25) is 0 Å². The van der Waals surface area contributed by atoms with Crippen molar-refractivity contribution in [2.75, 3.05) is 19.8 Å². The van der Waals surface area contributed by atoms with E-state index in [-0.39, 0.29) is 25.2 Å². The zero-order valence-corrected chi connectivity index (χ0v) is 48.2. The van der Waals surface area contributed by atoms with Crippen LogP contribution in [0, 0.1) is 0 Å². The Bertz CT molecular complexity index is 1270. The fraction of sp³-hybridized carbons (Fsp3) is 0.791. The lowest BCUT2D eigenvalue weighted by Crippen LogP contribution is -2.30. The van der Waals surface area contributed by atoms with Gasteiger partial charge >= 0.3 is 11.9 Å². The standard InChI is InChI=1S/C67H120O5/c1-4-7-10-13-16-19-22-25-28-31-33-35-38-41-44-47-50-53-56-59-62-70-63-65(72-67(69)61-58-55-52-49-46-43-40-36-30-27-24-21-18-15-12-9-6-3)64-71-66(68)60-57-54-51-48-45-42-39-37-34-32-29-26-23-20-17-14-11-8-5-2/h9,12,18,21,26-27,29-30,40,43,49,52,65H,4-8,10-11,13-17,19-20,22-25,28,31-39,41-42,44-48,50-51,53-64H2,1-3H3/b12-9-,21-18-,29-26-,30-27-,43-40-,52-49-. The lowest BCUT2D eigenvalue weighted by Gasteiger charge is -2.18. The van der Waals surface area contributed by atoms with E-state index in [1.807, 2.05) is 0 Å². The highest BCUT2D eigenvalue weighted by molar-refractivity contribution is 5.70. The van der Waals surface area contributed by atoms with Crippen molar-refractivity contribution in [1.82, 2.24) is 0 Å². The largest absolute Gasteiger partial charge is 0.462 e. The highest BCUT2D eigenvalue weighted by Gasteiger charge is 2.17. The Balaban J connectivity index is 4.31. The summed E-state index contributed by atoms with van der Waals surface area (Å²) in [7, 11) is 0. The zero-order valence-electron chi connectivity index (χ0n) is 48.2. The Labute approximate surface area is 448 Å². The van der Waals surface area contributed by atoms with E-state index >= 15 is 0 Å². The maximum atomic E-state index is 12.9. The summed E-state index contributed by atoms with van der Waals surface area (Å²) < 4.78 is 17.5. The van der Waals surface area contributed by atoms with Crippen LogP contribution in [-0.4, -0.2) is 37.9 Å². The molecule has 1 atom stereocenters. The summed E-state index contributed by atoms with van der Waals surface area (Å²) in [5, 5.41) is 0. The van der Waals surface area contributed by atoms with Gasteiger partial charge in [-0.1, -0.05) is 293 Å². The molecule has 418 valence electrons. The van der Waals surface area contributed by atoms with Gasteiger partial charge in [0.25, 0.3) is 0 Å². The zero-order chi connectivity index (χ0) is 52.0. The minimum absolute atomic E-state index is 0.0630. The van der Waals surface area contributed by atoms with Gasteiger partial charge in [0.05, 0.1) is 6.61 Å². The molecular weight excluding hydrogens is 885 g/mol. The minimum atomic E-state index is -0.568. The quantitative estimate of drug-likeness (QED) is 0.0345. The Kier molecular flexibility index (Phi) is 60.3. The van der Waals surface area contributed by atoms with E-state index < -0.39 is 6.10 Å². The normalized spacial score (nSPS) is 12.7. The van der Waals surface area contributed by atoms with E-state index in [1.165, 1.54) is 212 Å². The molecule has 0 bridgehead atoms. The van der Waals surface area contributed by atoms with Crippen LogP contribution in [0.15, 0.2) is 72.9 Å². The third-order valence-corrected chi connectivity index (χ3v) is 13.7. The summed E-state index contributed by atoms with van der Waals surface area (Å²) in [6, 6.07) is 0. The maximum Gasteiger partial charge on any atom is 0.306 e. The average molecular weight is 1010 g/mol. The number of carbonyl (C=O) groups is 2. The molecule has 1 unspecified atom stereocenters. The lowest BCUT2D eigenvalue weighted by molar-refractivity contribution is -0.162. The van der Waals surface area contributed by atoms with Crippen molar-refractivity contribution in [3.05, 3.63) is 72.9 Å². The van der Waals surface area contributed by atoms with E-state index in [9.17, 15) is 9.59 Å². The number of esters is 2. The molecular formula is C67H120O5. The highest BCUT2D eigenvalue weighted by Crippen LogP contribution is 2.17. The van der Waals surface area contributed by atoms with Crippen LogP contribution in [0.2, 0.25) is 0 Å². The van der Waals surface area contributed by atoms with Gasteiger partial charge in [-0.15, -0.1) is 0 Å². The minimum Gasteiger partial charge on any atom is -0.462 e. The van der Waals surface area contributed by atoms with Gasteiger partial charge in [-0.25, -0.2) is 0 Å². The molecule has 0 spiro atoms. The first-order valence-corrected chi connectivity index (χ1v) is 31.5. The van der Waals surface area contributed by atoms with Crippen molar-refractivity contribution >= 4 is 11.9 Å². The van der Waals surface area contributed by atoms with Crippen LogP contribution < -0.4 is 0 Å². The van der Waals surface area contributed by atoms with Gasteiger partial charge in [-0.05, 0) is 83.5 Å². The Morgan fingerprint density at radius 3 is 1.06 bits per heavy atom. The molecule has 0 saturated heterocycles. The fourth-order valence-corrected chi connectivity index (χ4v) is 9.07. The van der Waals surface area contributed by atoms with E-state index in [0.29, 0.717) is 19.4 Å². The molecule has 0 rings (SSSR count). The van der Waals surface area contributed by atoms with Crippen LogP contribution in [0.5, 0.6) is 0 Å². The number of allylic oxidation sites excluding steroid dienone is 12. The summed E-state index contributed by atoms with van der Waals surface area (Å²) in [5.41, 5.74) is 0. The second kappa shape index (κ2) is 62.6. The molecule has 72 heavy (non-hydrogen) atoms. The van der Waals surface area contributed by atoms with Crippen molar-refractivity contribution < 1.29 is 23.8 Å². The predicted octanol–water partition coefficient (Wildman–Crippen LogP) is 21.8. The summed E-state index contributed by atoms with van der Waals surface area (Å²) in [6.07, 6.45) is 82.3. The second-order valence-electron chi connectivity index (χ2n) is 20.9. The van der Waals surface area contributed by atoms with Gasteiger partial charge in [0.1, 0.15) is 6.61 Å². The molecule has 5 nitrogen and oxygen atoms in total. The van der Waals surface area contributed by atoms with Gasteiger partial charge < -0.3 is 14.2 Å². The predicted molar refractivity (Wildman–Crippen MR) is 316 cm³/mol. The maximum absolute atomic E-state index is 12.9. The highest BCUT2D eigenvalue weighted by atomic mass is 16.6. The number of ether oxygens (including phenoxy) is 3. The third-order valence-electron chi connectivity index (χ3n) is 13.7. The van der Waals surface area contributed by atoms with Crippen LogP contribution in [0.25, 0.3) is 0 Å². The van der Waals surface area contributed by atoms with Gasteiger partial charge in [-0.3, -0.25) is 9.59 Å². The number of rotatable bonds is 58. The molecule has 0 aromatic rings. The number of carbonyl (C=O) groups excluding carboxylic acids is 2. The van der Waals surface area contributed by atoms with Crippen molar-refractivity contribution in [3.8, 4) is 0 Å². The fourth-order valence-electron chi connectivity index (χ4n) is 9.07. The molecule has 0 amide bonds. The Morgan fingerprint density at radius 1 is 0.319 bits per heavy atom. The first-order valence-electron chi connectivity index (χ1n) is 31.5. The second-order valence-corrected chi connectivity index (χ2v) is 20.9. The molecule has 0 N–H and O–H groups in total. The van der Waals surface area contributed by atoms with Crippen molar-refractivity contribution in [3.63, 3.8) is 0 Å². The molecule has 0 aliphatic carbocycles. The number of hydrogen-bond acceptors (Lipinski definition) is 5. The molecule has 0 aliphatic heterocycles. The summed E-state index contributed by atoms with van der Waals surface area (Å²) in [4.78, 5) is 25.6. The molecule has 0 aromatic carbocycles. The van der Waals surface area contributed by atoms with Crippen LogP contribution in [0.4, 0.5) is 0 Å². The first-order chi connectivity index (χ1) is 35.6. The Morgan fingerprint density at radius 2 is 0.639 bits per heavy atom. The van der Waals surface area contributed by atoms with E-state index in [2.05, 4.69) is 93.7 Å². The van der Waals surface area contributed by atoms with Gasteiger partial charge in [0.15, 0.2) is 6.10 Å². The van der Waals surface area contributed by atoms with E-state index in [0.717, 1.165) is 70.6 Å². The number of unbranched alkanes of at least 4 members (excludes halogenated alkanes) is 35. The van der Waals surface area contributed by atoms with E-state index in [1.54, 1.807) is 0 Å². The van der Waals surface area contributed by atoms with Crippen molar-refractivity contribution in [2.24, 2.45) is 0 Å². The molecule has 0 saturated carbocycles. The smallest absolute Gasteiger partial charge is 0.306 e. The SMILES string of the molecule is CC/C=C\C/C=C\C/C=C\C/C=C\C/C=C\CCCC(=O)OC(COCCCCCCCCCCCCCCCCCCCCCC)COC(=O)CCCCCCCCCCC/C=C\CCCCCCCC. The molecule has 5 heteroatoms. The summed E-state index contributed by atoms with van der Waals surface area (Å²) in [5.74, 6) is -0.453. The molecule has 0 aliphatic rings. The average Bonchev–Trinajstić information content (AvgIpc) is 3.38. The van der Waals surface area contributed by atoms with Crippen LogP contribution in [0.1, 0.15) is 316 Å². The third kappa shape index (κ3) is 59.9. The van der Waals surface area contributed by atoms with E-state index in [4.69, 9.17) is 14.2 Å². The summed E-state index contributed by atoms with van der Waals surface area (Å²) >= 11 is 0. The van der Waals surface area contributed by atoms with Gasteiger partial charge in [0, 0.05) is 19.4 Å².